The Morgan fingerprint density at radius 2 is 1.17 bits per heavy atom. The summed E-state index contributed by atoms with van der Waals surface area (Å²) in [7, 11) is 0. The number of hydrogen-bond acceptors (Lipinski definition) is 6. The van der Waals surface area contributed by atoms with Gasteiger partial charge in [0.2, 0.25) is 11.8 Å². The van der Waals surface area contributed by atoms with Gasteiger partial charge in [-0.1, -0.05) is 24.3 Å². The lowest BCUT2D eigenvalue weighted by molar-refractivity contribution is 0.374. The van der Waals surface area contributed by atoms with Crippen LogP contribution in [0.1, 0.15) is 24.6 Å². The second-order valence-corrected chi connectivity index (χ2v) is 5.44. The van der Waals surface area contributed by atoms with Gasteiger partial charge in [-0.2, -0.15) is 0 Å². The summed E-state index contributed by atoms with van der Waals surface area (Å²) in [6.07, 6.45) is 0. The SMILES string of the molecule is CC(c1nc2ccccc2c(=O)o1)c1nc2ccccc2c(=O)o1. The van der Waals surface area contributed by atoms with E-state index in [0.717, 1.165) is 0 Å². The fraction of sp³-hybridized carbons (Fsp3) is 0.111. The molecule has 0 saturated carbocycles. The molecule has 0 aliphatic heterocycles. The molecule has 0 spiro atoms. The lowest BCUT2D eigenvalue weighted by Crippen LogP contribution is -2.12. The molecule has 0 unspecified atom stereocenters. The zero-order chi connectivity index (χ0) is 16.7. The van der Waals surface area contributed by atoms with Crippen molar-refractivity contribution < 1.29 is 8.83 Å². The molecule has 4 rings (SSSR count). The first-order valence-corrected chi connectivity index (χ1v) is 7.43. The molecule has 6 nitrogen and oxygen atoms in total. The molecule has 2 aromatic carbocycles. The van der Waals surface area contributed by atoms with E-state index >= 15 is 0 Å². The van der Waals surface area contributed by atoms with E-state index in [9.17, 15) is 9.59 Å². The number of hydrogen-bond donors (Lipinski definition) is 0. The molecule has 0 fully saturated rings. The normalized spacial score (nSPS) is 11.4. The first-order valence-electron chi connectivity index (χ1n) is 7.43. The van der Waals surface area contributed by atoms with Crippen molar-refractivity contribution in [2.45, 2.75) is 12.8 Å². The highest BCUT2D eigenvalue weighted by Gasteiger charge is 2.20. The maximum atomic E-state index is 12.1. The molecule has 0 aliphatic carbocycles. The van der Waals surface area contributed by atoms with E-state index in [1.165, 1.54) is 0 Å². The summed E-state index contributed by atoms with van der Waals surface area (Å²) in [5.74, 6) is -0.256. The maximum Gasteiger partial charge on any atom is 0.346 e. The third-order valence-corrected chi connectivity index (χ3v) is 3.84. The molecule has 118 valence electrons. The molecular weight excluding hydrogens is 308 g/mol. The zero-order valence-electron chi connectivity index (χ0n) is 12.7. The van der Waals surface area contributed by atoms with Gasteiger partial charge >= 0.3 is 11.3 Å². The van der Waals surface area contributed by atoms with Crippen molar-refractivity contribution in [1.29, 1.82) is 0 Å². The van der Waals surface area contributed by atoms with E-state index in [-0.39, 0.29) is 11.8 Å². The van der Waals surface area contributed by atoms with Gasteiger partial charge in [0.1, 0.15) is 5.92 Å². The molecule has 0 N–H and O–H groups in total. The van der Waals surface area contributed by atoms with Crippen LogP contribution in [0, 0.1) is 0 Å². The van der Waals surface area contributed by atoms with Crippen LogP contribution in [0.3, 0.4) is 0 Å². The Kier molecular flexibility index (Phi) is 3.23. The van der Waals surface area contributed by atoms with Gasteiger partial charge in [0, 0.05) is 0 Å². The van der Waals surface area contributed by atoms with Gasteiger partial charge in [-0.25, -0.2) is 19.6 Å². The highest BCUT2D eigenvalue weighted by molar-refractivity contribution is 5.77. The number of rotatable bonds is 2. The van der Waals surface area contributed by atoms with Crippen LogP contribution in [0.4, 0.5) is 0 Å². The molecule has 6 heteroatoms. The van der Waals surface area contributed by atoms with Crippen LogP contribution in [-0.4, -0.2) is 9.97 Å². The first-order chi connectivity index (χ1) is 11.6. The van der Waals surface area contributed by atoms with Crippen LogP contribution in [-0.2, 0) is 0 Å². The molecule has 2 heterocycles. The van der Waals surface area contributed by atoms with Crippen molar-refractivity contribution in [3.63, 3.8) is 0 Å². The molecule has 0 atom stereocenters. The first kappa shape index (κ1) is 14.3. The van der Waals surface area contributed by atoms with E-state index in [2.05, 4.69) is 9.97 Å². The van der Waals surface area contributed by atoms with Crippen LogP contribution >= 0.6 is 0 Å². The Morgan fingerprint density at radius 3 is 1.62 bits per heavy atom. The molecule has 0 aliphatic rings. The monoisotopic (exact) mass is 320 g/mol. The second kappa shape index (κ2) is 5.42. The second-order valence-electron chi connectivity index (χ2n) is 5.44. The summed E-state index contributed by atoms with van der Waals surface area (Å²) in [5.41, 5.74) is 0.0913. The van der Waals surface area contributed by atoms with Crippen LogP contribution < -0.4 is 11.3 Å². The third kappa shape index (κ3) is 2.28. The standard InChI is InChI=1S/C18H12N2O4/c1-10(15-19-13-8-4-2-6-11(13)17(21)23-15)16-20-14-9-5-3-7-12(14)18(22)24-16/h2-10H,1H3. The van der Waals surface area contributed by atoms with E-state index < -0.39 is 17.2 Å². The quantitative estimate of drug-likeness (QED) is 0.564. The predicted molar refractivity (Wildman–Crippen MR) is 88.1 cm³/mol. The van der Waals surface area contributed by atoms with Gasteiger partial charge in [-0.15, -0.1) is 0 Å². The number of para-hydroxylation sites is 2. The molecule has 24 heavy (non-hydrogen) atoms. The van der Waals surface area contributed by atoms with Crippen molar-refractivity contribution >= 4 is 21.8 Å². The van der Waals surface area contributed by atoms with Crippen molar-refractivity contribution in [2.75, 3.05) is 0 Å². The van der Waals surface area contributed by atoms with Crippen molar-refractivity contribution in [3.8, 4) is 0 Å². The van der Waals surface area contributed by atoms with Gasteiger partial charge in [0.25, 0.3) is 0 Å². The fourth-order valence-electron chi connectivity index (χ4n) is 2.55. The van der Waals surface area contributed by atoms with Crippen LogP contribution in [0.25, 0.3) is 21.8 Å². The fourth-order valence-corrected chi connectivity index (χ4v) is 2.55. The Balaban J connectivity index is 1.88. The summed E-state index contributed by atoms with van der Waals surface area (Å²) in [5, 5.41) is 0.808. The van der Waals surface area contributed by atoms with E-state index in [0.29, 0.717) is 21.8 Å². The molecule has 0 saturated heterocycles. The topological polar surface area (TPSA) is 86.2 Å². The smallest absolute Gasteiger partial charge is 0.346 e. The van der Waals surface area contributed by atoms with Gasteiger partial charge < -0.3 is 8.83 Å². The summed E-state index contributed by atoms with van der Waals surface area (Å²) >= 11 is 0. The van der Waals surface area contributed by atoms with Gasteiger partial charge in [-0.05, 0) is 31.2 Å². The minimum Gasteiger partial charge on any atom is -0.407 e. The number of aromatic nitrogens is 2. The molecule has 2 aromatic heterocycles. The number of nitrogens with zero attached hydrogens (tertiary/aromatic N) is 2. The molecule has 0 amide bonds. The Morgan fingerprint density at radius 1 is 0.750 bits per heavy atom. The minimum atomic E-state index is -0.570. The van der Waals surface area contributed by atoms with Crippen LogP contribution in [0.15, 0.2) is 67.0 Å². The third-order valence-electron chi connectivity index (χ3n) is 3.84. The average molecular weight is 320 g/mol. The van der Waals surface area contributed by atoms with Crippen molar-refractivity contribution in [1.82, 2.24) is 9.97 Å². The largest absolute Gasteiger partial charge is 0.407 e. The van der Waals surface area contributed by atoms with Gasteiger partial charge in [-0.3, -0.25) is 0 Å². The molecule has 4 aromatic rings. The highest BCUT2D eigenvalue weighted by Crippen LogP contribution is 2.22. The van der Waals surface area contributed by atoms with Crippen molar-refractivity contribution in [3.05, 3.63) is 81.2 Å². The Labute approximate surface area is 135 Å². The molecule has 0 bridgehead atoms. The van der Waals surface area contributed by atoms with E-state index in [1.54, 1.807) is 55.5 Å². The zero-order valence-corrected chi connectivity index (χ0v) is 12.7. The number of benzene rings is 2. The lowest BCUT2D eigenvalue weighted by atomic mass is 10.1. The minimum absolute atomic E-state index is 0.157. The highest BCUT2D eigenvalue weighted by atomic mass is 16.4. The Bertz CT molecular complexity index is 1080. The Hall–Kier alpha value is -3.28. The summed E-state index contributed by atoms with van der Waals surface area (Å²) < 4.78 is 10.6. The van der Waals surface area contributed by atoms with E-state index in [4.69, 9.17) is 8.83 Å². The molecular formula is C18H12N2O4. The predicted octanol–water partition coefficient (Wildman–Crippen LogP) is 2.84. The van der Waals surface area contributed by atoms with Gasteiger partial charge in [0.15, 0.2) is 0 Å². The average Bonchev–Trinajstić information content (AvgIpc) is 2.61. The van der Waals surface area contributed by atoms with E-state index in [1.807, 2.05) is 0 Å². The van der Waals surface area contributed by atoms with Crippen molar-refractivity contribution in [2.24, 2.45) is 0 Å². The van der Waals surface area contributed by atoms with Crippen LogP contribution in [0.2, 0.25) is 0 Å². The lowest BCUT2D eigenvalue weighted by Gasteiger charge is -2.08. The summed E-state index contributed by atoms with van der Waals surface area (Å²) in [6, 6.07) is 13.8. The number of fused-ring (bicyclic) bond motifs is 2. The summed E-state index contributed by atoms with van der Waals surface area (Å²) in [6.45, 7) is 1.72. The van der Waals surface area contributed by atoms with Gasteiger partial charge in [0.05, 0.1) is 21.8 Å². The summed E-state index contributed by atoms with van der Waals surface area (Å²) in [4.78, 5) is 32.9. The maximum absolute atomic E-state index is 12.1. The molecule has 0 radical (unpaired) electrons. The van der Waals surface area contributed by atoms with Crippen LogP contribution in [0.5, 0.6) is 0 Å².